The summed E-state index contributed by atoms with van der Waals surface area (Å²) < 4.78 is 42.8. The lowest BCUT2D eigenvalue weighted by Crippen LogP contribution is -2.50. The van der Waals surface area contributed by atoms with Crippen LogP contribution in [-0.4, -0.2) is 54.3 Å². The molecule has 0 saturated carbocycles. The summed E-state index contributed by atoms with van der Waals surface area (Å²) in [6, 6.07) is 9.18. The van der Waals surface area contributed by atoms with Crippen molar-refractivity contribution in [2.75, 3.05) is 26.2 Å². The molecule has 1 aromatic heterocycles. The first kappa shape index (κ1) is 23.7. The molecule has 3 rings (SSSR count). The molecule has 0 bridgehead atoms. The highest BCUT2D eigenvalue weighted by atomic mass is 32.2. The van der Waals surface area contributed by atoms with Crippen molar-refractivity contribution in [2.45, 2.75) is 38.6 Å². The molecule has 1 amide bonds. The summed E-state index contributed by atoms with van der Waals surface area (Å²) in [5.41, 5.74) is 2.88. The molecular weight excluding hydrogens is 431 g/mol. The second-order valence-electron chi connectivity index (χ2n) is 7.77. The second-order valence-corrected chi connectivity index (χ2v) is 9.68. The summed E-state index contributed by atoms with van der Waals surface area (Å²) in [5, 5.41) is 9.60. The molecule has 1 aromatic carbocycles. The van der Waals surface area contributed by atoms with Crippen molar-refractivity contribution >= 4 is 22.0 Å². The predicted octanol–water partition coefficient (Wildman–Crippen LogP) is 3.09. The highest BCUT2D eigenvalue weighted by Crippen LogP contribution is 2.22. The molecule has 0 radical (unpaired) electrons. The van der Waals surface area contributed by atoms with E-state index in [9.17, 15) is 22.9 Å². The zero-order chi connectivity index (χ0) is 23.5. The number of amides is 1. The molecule has 2 aromatic rings. The number of aromatic nitrogens is 1. The van der Waals surface area contributed by atoms with Crippen molar-refractivity contribution in [1.29, 1.82) is 5.26 Å². The van der Waals surface area contributed by atoms with Gasteiger partial charge in [0.25, 0.3) is 5.91 Å². The van der Waals surface area contributed by atoms with Gasteiger partial charge in [-0.2, -0.15) is 9.57 Å². The molecule has 9 heteroatoms. The Balaban J connectivity index is 1.75. The van der Waals surface area contributed by atoms with Gasteiger partial charge in [0.1, 0.15) is 22.4 Å². The average molecular weight is 459 g/mol. The standard InChI is InChI=1S/C23H27FN4O3S/c1-4-9-28-17(2)14-19(18(28)3)15-20(16-25)23(29)26-10-12-27(13-11-26)32(30,31)22-8-6-5-7-21(22)24/h5-8,14-15H,4,9-13H2,1-3H3/b20-15+. The monoisotopic (exact) mass is 458 g/mol. The second kappa shape index (κ2) is 9.67. The van der Waals surface area contributed by atoms with Crippen molar-refractivity contribution in [3.8, 4) is 6.07 Å². The molecular formula is C23H27FN4O3S. The molecule has 170 valence electrons. The van der Waals surface area contributed by atoms with Gasteiger partial charge in [0.2, 0.25) is 10.0 Å². The van der Waals surface area contributed by atoms with Gasteiger partial charge < -0.3 is 9.47 Å². The summed E-state index contributed by atoms with van der Waals surface area (Å²) in [4.78, 5) is 14.0. The smallest absolute Gasteiger partial charge is 0.264 e. The highest BCUT2D eigenvalue weighted by molar-refractivity contribution is 7.89. The fourth-order valence-electron chi connectivity index (χ4n) is 3.93. The first-order valence-electron chi connectivity index (χ1n) is 10.5. The molecule has 2 heterocycles. The molecule has 0 spiro atoms. The van der Waals surface area contributed by atoms with E-state index in [4.69, 9.17) is 0 Å². The van der Waals surface area contributed by atoms with Gasteiger partial charge >= 0.3 is 0 Å². The normalized spacial score (nSPS) is 15.6. The molecule has 0 N–H and O–H groups in total. The van der Waals surface area contributed by atoms with Crippen LogP contribution in [0.2, 0.25) is 0 Å². The fourth-order valence-corrected chi connectivity index (χ4v) is 5.42. The molecule has 1 saturated heterocycles. The molecule has 1 aliphatic heterocycles. The number of rotatable bonds is 6. The number of halogens is 1. The van der Waals surface area contributed by atoms with Crippen LogP contribution < -0.4 is 0 Å². The number of sulfonamides is 1. The number of hydrogen-bond donors (Lipinski definition) is 0. The zero-order valence-corrected chi connectivity index (χ0v) is 19.3. The minimum absolute atomic E-state index is 0.00663. The quantitative estimate of drug-likeness (QED) is 0.492. The van der Waals surface area contributed by atoms with Crippen LogP contribution >= 0.6 is 0 Å². The summed E-state index contributed by atoms with van der Waals surface area (Å²) in [6.07, 6.45) is 2.57. The third kappa shape index (κ3) is 4.61. The van der Waals surface area contributed by atoms with Crippen LogP contribution in [0.1, 0.15) is 30.3 Å². The lowest BCUT2D eigenvalue weighted by atomic mass is 10.1. The highest BCUT2D eigenvalue weighted by Gasteiger charge is 2.32. The number of aryl methyl sites for hydroxylation is 1. The van der Waals surface area contributed by atoms with Crippen LogP contribution in [0.3, 0.4) is 0 Å². The van der Waals surface area contributed by atoms with Crippen LogP contribution in [0.4, 0.5) is 4.39 Å². The molecule has 32 heavy (non-hydrogen) atoms. The van der Waals surface area contributed by atoms with Crippen molar-refractivity contribution in [1.82, 2.24) is 13.8 Å². The number of nitrogens with zero attached hydrogens (tertiary/aromatic N) is 4. The van der Waals surface area contributed by atoms with Gasteiger partial charge in [-0.1, -0.05) is 19.1 Å². The van der Waals surface area contributed by atoms with Crippen molar-refractivity contribution in [2.24, 2.45) is 0 Å². The number of benzene rings is 1. The Morgan fingerprint density at radius 1 is 1.19 bits per heavy atom. The topological polar surface area (TPSA) is 86.4 Å². The van der Waals surface area contributed by atoms with E-state index in [-0.39, 0.29) is 36.6 Å². The number of piperazine rings is 1. The minimum atomic E-state index is -3.99. The maximum Gasteiger partial charge on any atom is 0.264 e. The van der Waals surface area contributed by atoms with E-state index in [1.165, 1.54) is 27.4 Å². The molecule has 7 nitrogen and oxygen atoms in total. The molecule has 0 aliphatic carbocycles. The third-order valence-corrected chi connectivity index (χ3v) is 7.62. The summed E-state index contributed by atoms with van der Waals surface area (Å²) >= 11 is 0. The van der Waals surface area contributed by atoms with E-state index < -0.39 is 21.7 Å². The largest absolute Gasteiger partial charge is 0.349 e. The van der Waals surface area contributed by atoms with Crippen LogP contribution in [0.15, 0.2) is 40.8 Å². The van der Waals surface area contributed by atoms with E-state index in [1.54, 1.807) is 6.08 Å². The lowest BCUT2D eigenvalue weighted by Gasteiger charge is -2.33. The lowest BCUT2D eigenvalue weighted by molar-refractivity contribution is -0.127. The van der Waals surface area contributed by atoms with E-state index >= 15 is 0 Å². The van der Waals surface area contributed by atoms with Gasteiger partial charge in [-0.3, -0.25) is 4.79 Å². The number of carbonyl (C=O) groups excluding carboxylic acids is 1. The summed E-state index contributed by atoms with van der Waals surface area (Å²) in [5.74, 6) is -1.24. The Morgan fingerprint density at radius 2 is 1.84 bits per heavy atom. The molecule has 1 fully saturated rings. The molecule has 0 unspecified atom stereocenters. The maximum absolute atomic E-state index is 14.0. The van der Waals surface area contributed by atoms with E-state index in [2.05, 4.69) is 11.5 Å². The Kier molecular flexibility index (Phi) is 7.16. The SMILES string of the molecule is CCCn1c(C)cc(/C=C(\C#N)C(=O)N2CCN(S(=O)(=O)c3ccccc3F)CC2)c1C. The minimum Gasteiger partial charge on any atom is -0.349 e. The first-order valence-corrected chi connectivity index (χ1v) is 12.0. The van der Waals surface area contributed by atoms with Gasteiger partial charge in [-0.25, -0.2) is 12.8 Å². The maximum atomic E-state index is 14.0. The van der Waals surface area contributed by atoms with Crippen LogP contribution in [0, 0.1) is 31.0 Å². The van der Waals surface area contributed by atoms with Crippen LogP contribution in [0.25, 0.3) is 6.08 Å². The summed E-state index contributed by atoms with van der Waals surface area (Å²) in [7, 11) is -3.99. The predicted molar refractivity (Wildman–Crippen MR) is 120 cm³/mol. The number of carbonyl (C=O) groups is 1. The molecule has 1 aliphatic rings. The van der Waals surface area contributed by atoms with Gasteiger partial charge in [0.15, 0.2) is 0 Å². The van der Waals surface area contributed by atoms with Gasteiger partial charge in [0.05, 0.1) is 0 Å². The zero-order valence-electron chi connectivity index (χ0n) is 18.5. The number of hydrogen-bond acceptors (Lipinski definition) is 4. The third-order valence-electron chi connectivity index (χ3n) is 5.69. The Labute approximate surface area is 188 Å². The average Bonchev–Trinajstić information content (AvgIpc) is 3.05. The molecule has 0 atom stereocenters. The Hall–Kier alpha value is -2.96. The van der Waals surface area contributed by atoms with E-state index in [0.29, 0.717) is 0 Å². The van der Waals surface area contributed by atoms with Crippen molar-refractivity contribution in [3.05, 3.63) is 58.7 Å². The number of nitriles is 1. The fraction of sp³-hybridized carbons (Fsp3) is 0.391. The van der Waals surface area contributed by atoms with Crippen molar-refractivity contribution in [3.63, 3.8) is 0 Å². The first-order chi connectivity index (χ1) is 15.2. The Morgan fingerprint density at radius 3 is 2.44 bits per heavy atom. The Bertz CT molecular complexity index is 1190. The van der Waals surface area contributed by atoms with Gasteiger partial charge in [-0.05, 0) is 50.1 Å². The van der Waals surface area contributed by atoms with Crippen molar-refractivity contribution < 1.29 is 17.6 Å². The van der Waals surface area contributed by atoms with E-state index in [1.807, 2.05) is 26.0 Å². The van der Waals surface area contributed by atoms with Gasteiger partial charge in [0, 0.05) is 44.1 Å². The van der Waals surface area contributed by atoms with E-state index in [0.717, 1.165) is 36.0 Å². The van der Waals surface area contributed by atoms with Crippen LogP contribution in [-0.2, 0) is 21.4 Å². The van der Waals surface area contributed by atoms with Gasteiger partial charge in [-0.15, -0.1) is 0 Å². The van der Waals surface area contributed by atoms with Crippen LogP contribution in [0.5, 0.6) is 0 Å². The summed E-state index contributed by atoms with van der Waals surface area (Å²) in [6.45, 7) is 7.22.